The van der Waals surface area contributed by atoms with E-state index in [-0.39, 0.29) is 11.4 Å². The van der Waals surface area contributed by atoms with E-state index in [9.17, 15) is 9.18 Å². The van der Waals surface area contributed by atoms with Gasteiger partial charge in [0.2, 0.25) is 5.95 Å². The molecule has 0 aliphatic rings. The van der Waals surface area contributed by atoms with Crippen molar-refractivity contribution in [1.29, 1.82) is 0 Å². The molecule has 5 nitrogen and oxygen atoms in total. The van der Waals surface area contributed by atoms with Gasteiger partial charge < -0.3 is 10.2 Å². The number of aromatic nitrogens is 2. The van der Waals surface area contributed by atoms with Gasteiger partial charge >= 0.3 is 0 Å². The van der Waals surface area contributed by atoms with Gasteiger partial charge in [0.1, 0.15) is 11.5 Å². The Morgan fingerprint density at radius 1 is 1.33 bits per heavy atom. The summed E-state index contributed by atoms with van der Waals surface area (Å²) < 4.78 is 12.9. The highest BCUT2D eigenvalue weighted by molar-refractivity contribution is 5.72. The Labute approximate surface area is 141 Å². The zero-order valence-corrected chi connectivity index (χ0v) is 14.3. The minimum Gasteiger partial charge on any atom is -0.371 e. The average molecular weight is 330 g/mol. The van der Waals surface area contributed by atoms with E-state index in [1.807, 2.05) is 0 Å². The number of nitrogens with zero attached hydrogens (tertiary/aromatic N) is 2. The number of rotatable bonds is 7. The van der Waals surface area contributed by atoms with Gasteiger partial charge in [-0.2, -0.15) is 0 Å². The van der Waals surface area contributed by atoms with Crippen LogP contribution in [0.1, 0.15) is 31.0 Å². The highest BCUT2D eigenvalue weighted by Crippen LogP contribution is 2.23. The first-order valence-corrected chi connectivity index (χ1v) is 7.90. The van der Waals surface area contributed by atoms with Crippen LogP contribution in [0.4, 0.5) is 16.0 Å². The molecule has 2 rings (SSSR count). The normalized spacial score (nSPS) is 10.5. The highest BCUT2D eigenvalue weighted by Gasteiger charge is 2.15. The second-order valence-corrected chi connectivity index (χ2v) is 5.84. The van der Waals surface area contributed by atoms with Gasteiger partial charge in [0.25, 0.3) is 5.56 Å². The summed E-state index contributed by atoms with van der Waals surface area (Å²) >= 11 is 0. The molecule has 1 aromatic carbocycles. The van der Waals surface area contributed by atoms with Crippen molar-refractivity contribution in [3.63, 3.8) is 0 Å². The Hall–Kier alpha value is -2.63. The van der Waals surface area contributed by atoms with Crippen LogP contribution in [0.2, 0.25) is 0 Å². The minimum absolute atomic E-state index is 0.219. The summed E-state index contributed by atoms with van der Waals surface area (Å²) in [6.07, 6.45) is 1.70. The van der Waals surface area contributed by atoms with Crippen LogP contribution in [0, 0.1) is 5.82 Å². The van der Waals surface area contributed by atoms with E-state index in [1.54, 1.807) is 31.1 Å². The third-order valence-corrected chi connectivity index (χ3v) is 3.60. The van der Waals surface area contributed by atoms with Crippen molar-refractivity contribution in [2.24, 2.45) is 0 Å². The van der Waals surface area contributed by atoms with Crippen molar-refractivity contribution in [1.82, 2.24) is 9.97 Å². The van der Waals surface area contributed by atoms with Gasteiger partial charge in [-0.3, -0.25) is 9.78 Å². The monoisotopic (exact) mass is 330 g/mol. The van der Waals surface area contributed by atoms with Crippen LogP contribution in [0.15, 0.2) is 35.6 Å². The molecule has 1 heterocycles. The van der Waals surface area contributed by atoms with Crippen molar-refractivity contribution in [3.8, 4) is 0 Å². The predicted octanol–water partition coefficient (Wildman–Crippen LogP) is 3.40. The highest BCUT2D eigenvalue weighted by atomic mass is 19.1. The third-order valence-electron chi connectivity index (χ3n) is 3.60. The van der Waals surface area contributed by atoms with Crippen molar-refractivity contribution < 1.29 is 4.39 Å². The maximum atomic E-state index is 12.9. The quantitative estimate of drug-likeness (QED) is 0.817. The summed E-state index contributed by atoms with van der Waals surface area (Å²) in [6.45, 7) is 6.55. The van der Waals surface area contributed by atoms with Crippen molar-refractivity contribution in [2.75, 3.05) is 24.3 Å². The number of hydrogen-bond acceptors (Lipinski definition) is 4. The fourth-order valence-corrected chi connectivity index (χ4v) is 2.42. The van der Waals surface area contributed by atoms with E-state index in [2.05, 4.69) is 28.8 Å². The van der Waals surface area contributed by atoms with Crippen LogP contribution in [0.25, 0.3) is 5.57 Å². The molecule has 0 spiro atoms. The summed E-state index contributed by atoms with van der Waals surface area (Å²) in [4.78, 5) is 21.4. The van der Waals surface area contributed by atoms with Crippen LogP contribution in [-0.4, -0.2) is 24.1 Å². The molecule has 0 atom stereocenters. The SMILES string of the molecule is C=C(CCC)c1nc(NCc2ccc(F)cc2)[nH]c(=O)c1N(C)C. The number of allylic oxidation sites excluding steroid dienone is 1. The van der Waals surface area contributed by atoms with E-state index in [4.69, 9.17) is 0 Å². The second kappa shape index (κ2) is 7.77. The maximum absolute atomic E-state index is 12.9. The molecule has 0 unspecified atom stereocenters. The molecule has 1 aromatic heterocycles. The van der Waals surface area contributed by atoms with Gasteiger partial charge in [0.05, 0.1) is 5.69 Å². The Morgan fingerprint density at radius 2 is 2.00 bits per heavy atom. The molecule has 0 saturated carbocycles. The lowest BCUT2D eigenvalue weighted by atomic mass is 10.1. The van der Waals surface area contributed by atoms with Crippen LogP contribution in [-0.2, 0) is 6.54 Å². The topological polar surface area (TPSA) is 61.0 Å². The Bertz CT molecular complexity index is 766. The van der Waals surface area contributed by atoms with Gasteiger partial charge in [-0.05, 0) is 29.7 Å². The molecular weight excluding hydrogens is 307 g/mol. The Kier molecular flexibility index (Phi) is 5.73. The average Bonchev–Trinajstić information content (AvgIpc) is 2.53. The molecule has 0 bridgehead atoms. The minimum atomic E-state index is -0.279. The molecule has 128 valence electrons. The van der Waals surface area contributed by atoms with E-state index in [0.29, 0.717) is 23.9 Å². The van der Waals surface area contributed by atoms with E-state index in [0.717, 1.165) is 24.0 Å². The number of H-pyrrole nitrogens is 1. The lowest BCUT2D eigenvalue weighted by molar-refractivity contribution is 0.627. The first-order valence-electron chi connectivity index (χ1n) is 7.90. The van der Waals surface area contributed by atoms with Crippen molar-refractivity contribution in [2.45, 2.75) is 26.3 Å². The number of nitrogens with one attached hydrogen (secondary N) is 2. The zero-order chi connectivity index (χ0) is 17.7. The number of hydrogen-bond donors (Lipinski definition) is 2. The lowest BCUT2D eigenvalue weighted by Gasteiger charge is -2.18. The van der Waals surface area contributed by atoms with E-state index < -0.39 is 0 Å². The molecule has 0 aliphatic heterocycles. The van der Waals surface area contributed by atoms with Crippen LogP contribution in [0.3, 0.4) is 0 Å². The zero-order valence-electron chi connectivity index (χ0n) is 14.3. The fraction of sp³-hybridized carbons (Fsp3) is 0.333. The number of benzene rings is 1. The standard InChI is InChI=1S/C18H23FN4O/c1-5-6-12(2)15-16(23(3)4)17(24)22-18(21-15)20-11-13-7-9-14(19)10-8-13/h7-10H,2,5-6,11H2,1,3-4H3,(H2,20,21,22,24). The number of anilines is 2. The van der Waals surface area contributed by atoms with Crippen molar-refractivity contribution >= 4 is 17.2 Å². The first kappa shape index (κ1) is 17.7. The van der Waals surface area contributed by atoms with Gasteiger partial charge in [-0.25, -0.2) is 9.37 Å². The smallest absolute Gasteiger partial charge is 0.276 e. The molecule has 0 saturated heterocycles. The second-order valence-electron chi connectivity index (χ2n) is 5.84. The van der Waals surface area contributed by atoms with Gasteiger partial charge in [-0.1, -0.05) is 32.1 Å². The first-order chi connectivity index (χ1) is 11.4. The summed E-state index contributed by atoms with van der Waals surface area (Å²) in [6, 6.07) is 6.17. The third kappa shape index (κ3) is 4.22. The largest absolute Gasteiger partial charge is 0.371 e. The molecule has 2 N–H and O–H groups in total. The summed E-state index contributed by atoms with van der Waals surface area (Å²) in [7, 11) is 3.61. The molecule has 6 heteroatoms. The van der Waals surface area contributed by atoms with Crippen molar-refractivity contribution in [3.05, 3.63) is 58.3 Å². The molecule has 24 heavy (non-hydrogen) atoms. The molecule has 0 radical (unpaired) electrons. The Morgan fingerprint density at radius 3 is 2.58 bits per heavy atom. The molecular formula is C18H23FN4O. The van der Waals surface area contributed by atoms with Gasteiger partial charge in [-0.15, -0.1) is 0 Å². The number of aromatic amines is 1. The predicted molar refractivity (Wildman–Crippen MR) is 96.9 cm³/mol. The molecule has 2 aromatic rings. The van der Waals surface area contributed by atoms with E-state index >= 15 is 0 Å². The fourth-order valence-electron chi connectivity index (χ4n) is 2.42. The summed E-state index contributed by atoms with van der Waals surface area (Å²) in [5, 5.41) is 3.08. The molecule has 0 fully saturated rings. The van der Waals surface area contributed by atoms with Crippen LogP contribution < -0.4 is 15.8 Å². The van der Waals surface area contributed by atoms with Crippen LogP contribution in [0.5, 0.6) is 0 Å². The lowest BCUT2D eigenvalue weighted by Crippen LogP contribution is -2.25. The maximum Gasteiger partial charge on any atom is 0.276 e. The Balaban J connectivity index is 2.29. The van der Waals surface area contributed by atoms with Gasteiger partial charge in [0, 0.05) is 20.6 Å². The molecule has 0 aliphatic carbocycles. The summed E-state index contributed by atoms with van der Waals surface area (Å²) in [5.74, 6) is 0.0981. The van der Waals surface area contributed by atoms with Gasteiger partial charge in [0.15, 0.2) is 0 Å². The molecule has 0 amide bonds. The van der Waals surface area contributed by atoms with E-state index in [1.165, 1.54) is 12.1 Å². The number of halogens is 1. The summed E-state index contributed by atoms with van der Waals surface area (Å²) in [5.41, 5.74) is 2.61. The van der Waals surface area contributed by atoms with Crippen LogP contribution >= 0.6 is 0 Å².